The van der Waals surface area contributed by atoms with Crippen LogP contribution in [0.4, 0.5) is 4.39 Å². The minimum atomic E-state index is -0.226. The maximum atomic E-state index is 13.0. The Bertz CT molecular complexity index is 619. The summed E-state index contributed by atoms with van der Waals surface area (Å²) in [7, 11) is 0. The molecule has 0 amide bonds. The summed E-state index contributed by atoms with van der Waals surface area (Å²) in [5, 5.41) is 8.26. The van der Waals surface area contributed by atoms with Crippen LogP contribution in [0, 0.1) is 11.2 Å². The summed E-state index contributed by atoms with van der Waals surface area (Å²) in [5.74, 6) is 0.322. The molecule has 0 aliphatic carbocycles. The highest BCUT2D eigenvalue weighted by Gasteiger charge is 2.27. The van der Waals surface area contributed by atoms with E-state index in [1.165, 1.54) is 17.7 Å². The van der Waals surface area contributed by atoms with Gasteiger partial charge in [0.1, 0.15) is 11.7 Å². The van der Waals surface area contributed by atoms with E-state index in [4.69, 9.17) is 5.41 Å². The van der Waals surface area contributed by atoms with Crippen molar-refractivity contribution in [1.82, 2.24) is 4.90 Å². The third-order valence-corrected chi connectivity index (χ3v) is 3.72. The molecule has 1 aliphatic heterocycles. The van der Waals surface area contributed by atoms with Crippen molar-refractivity contribution in [2.45, 2.75) is 19.5 Å². The Labute approximate surface area is 112 Å². The van der Waals surface area contributed by atoms with Crippen LogP contribution >= 0.6 is 0 Å². The zero-order valence-corrected chi connectivity index (χ0v) is 10.7. The zero-order chi connectivity index (χ0) is 13.4. The summed E-state index contributed by atoms with van der Waals surface area (Å²) < 4.78 is 13.0. The Kier molecular flexibility index (Phi) is 2.82. The molecule has 3 heteroatoms. The zero-order valence-electron chi connectivity index (χ0n) is 10.7. The van der Waals surface area contributed by atoms with Gasteiger partial charge in [0.05, 0.1) is 6.04 Å². The molecule has 1 atom stereocenters. The molecule has 0 saturated carbocycles. The molecule has 1 heterocycles. The molecule has 0 saturated heterocycles. The first-order valence-corrected chi connectivity index (χ1v) is 6.36. The lowest BCUT2D eigenvalue weighted by atomic mass is 10.1. The van der Waals surface area contributed by atoms with Crippen LogP contribution in [0.15, 0.2) is 48.5 Å². The fourth-order valence-electron chi connectivity index (χ4n) is 2.56. The number of amidine groups is 1. The van der Waals surface area contributed by atoms with E-state index in [1.54, 1.807) is 12.1 Å². The van der Waals surface area contributed by atoms with E-state index in [9.17, 15) is 4.39 Å². The van der Waals surface area contributed by atoms with Crippen LogP contribution in [-0.2, 0) is 6.54 Å². The van der Waals surface area contributed by atoms with E-state index >= 15 is 0 Å². The van der Waals surface area contributed by atoms with Gasteiger partial charge >= 0.3 is 0 Å². The molecule has 2 aromatic rings. The molecule has 0 radical (unpaired) electrons. The predicted octanol–water partition coefficient (Wildman–Crippen LogP) is 3.73. The molecule has 0 aromatic heterocycles. The quantitative estimate of drug-likeness (QED) is 0.868. The minimum Gasteiger partial charge on any atom is -0.345 e. The summed E-state index contributed by atoms with van der Waals surface area (Å²) >= 11 is 0. The second-order valence-corrected chi connectivity index (χ2v) is 4.86. The molecular formula is C16H15FN2. The fourth-order valence-corrected chi connectivity index (χ4v) is 2.56. The van der Waals surface area contributed by atoms with E-state index in [0.717, 1.165) is 17.7 Å². The Morgan fingerprint density at radius 1 is 1.11 bits per heavy atom. The van der Waals surface area contributed by atoms with E-state index in [1.807, 2.05) is 30.0 Å². The highest BCUT2D eigenvalue weighted by atomic mass is 19.1. The van der Waals surface area contributed by atoms with Crippen LogP contribution in [0.3, 0.4) is 0 Å². The molecular weight excluding hydrogens is 239 g/mol. The van der Waals surface area contributed by atoms with E-state index < -0.39 is 0 Å². The van der Waals surface area contributed by atoms with E-state index in [2.05, 4.69) is 6.07 Å². The molecule has 0 bridgehead atoms. The summed E-state index contributed by atoms with van der Waals surface area (Å²) in [6.07, 6.45) is 0. The first-order valence-electron chi connectivity index (χ1n) is 6.36. The molecule has 1 unspecified atom stereocenters. The lowest BCUT2D eigenvalue weighted by molar-refractivity contribution is 0.341. The molecule has 19 heavy (non-hydrogen) atoms. The van der Waals surface area contributed by atoms with E-state index in [-0.39, 0.29) is 11.9 Å². The average Bonchev–Trinajstić information content (AvgIpc) is 2.77. The molecule has 3 rings (SSSR count). The van der Waals surface area contributed by atoms with Gasteiger partial charge in [-0.05, 0) is 30.2 Å². The number of fused-ring (bicyclic) bond motifs is 1. The van der Waals surface area contributed by atoms with Crippen molar-refractivity contribution in [2.24, 2.45) is 0 Å². The Morgan fingerprint density at radius 2 is 1.79 bits per heavy atom. The Balaban J connectivity index is 1.89. The van der Waals surface area contributed by atoms with E-state index in [0.29, 0.717) is 5.84 Å². The third-order valence-electron chi connectivity index (χ3n) is 3.72. The summed E-state index contributed by atoms with van der Waals surface area (Å²) in [4.78, 5) is 2.04. The van der Waals surface area contributed by atoms with Crippen molar-refractivity contribution in [1.29, 1.82) is 5.41 Å². The van der Waals surface area contributed by atoms with Gasteiger partial charge in [0.15, 0.2) is 0 Å². The highest BCUT2D eigenvalue weighted by Crippen LogP contribution is 2.30. The molecule has 2 aromatic carbocycles. The van der Waals surface area contributed by atoms with Crippen LogP contribution in [0.1, 0.15) is 29.7 Å². The van der Waals surface area contributed by atoms with Gasteiger partial charge < -0.3 is 4.90 Å². The maximum Gasteiger partial charge on any atom is 0.129 e. The third kappa shape index (κ3) is 2.01. The van der Waals surface area contributed by atoms with Crippen molar-refractivity contribution in [3.63, 3.8) is 0 Å². The van der Waals surface area contributed by atoms with Gasteiger partial charge in [-0.25, -0.2) is 4.39 Å². The lowest BCUT2D eigenvalue weighted by Gasteiger charge is -2.26. The largest absolute Gasteiger partial charge is 0.345 e. The molecule has 96 valence electrons. The van der Waals surface area contributed by atoms with Gasteiger partial charge in [0, 0.05) is 12.1 Å². The standard InChI is InChI=1S/C16H15FN2/c1-11(12-6-8-14(17)9-7-12)19-10-13-4-2-3-5-15(13)16(19)18/h2-9,11,18H,10H2,1H3. The van der Waals surface area contributed by atoms with Gasteiger partial charge in [0.25, 0.3) is 0 Å². The first kappa shape index (κ1) is 11.9. The minimum absolute atomic E-state index is 0.0699. The number of hydrogen-bond donors (Lipinski definition) is 1. The monoisotopic (exact) mass is 254 g/mol. The number of nitrogens with zero attached hydrogens (tertiary/aromatic N) is 1. The van der Waals surface area contributed by atoms with Crippen LogP contribution in [-0.4, -0.2) is 10.7 Å². The number of halogens is 1. The first-order chi connectivity index (χ1) is 9.16. The van der Waals surface area contributed by atoms with Crippen LogP contribution in [0.2, 0.25) is 0 Å². The number of rotatable bonds is 2. The predicted molar refractivity (Wildman–Crippen MR) is 73.6 cm³/mol. The topological polar surface area (TPSA) is 27.1 Å². The molecule has 0 spiro atoms. The van der Waals surface area contributed by atoms with Crippen molar-refractivity contribution >= 4 is 5.84 Å². The average molecular weight is 254 g/mol. The molecule has 1 aliphatic rings. The summed E-state index contributed by atoms with van der Waals surface area (Å²) in [6, 6.07) is 14.6. The molecule has 0 fully saturated rings. The SMILES string of the molecule is CC(c1ccc(F)cc1)N1Cc2ccccc2C1=N. The van der Waals surface area contributed by atoms with Crippen molar-refractivity contribution in [3.05, 3.63) is 71.0 Å². The Hall–Kier alpha value is -2.16. The second kappa shape index (κ2) is 4.50. The van der Waals surface area contributed by atoms with Gasteiger partial charge in [0.2, 0.25) is 0 Å². The molecule has 2 nitrogen and oxygen atoms in total. The molecule has 1 N–H and O–H groups in total. The number of nitrogens with one attached hydrogen (secondary N) is 1. The Morgan fingerprint density at radius 3 is 2.47 bits per heavy atom. The lowest BCUT2D eigenvalue weighted by Crippen LogP contribution is -2.27. The normalized spacial score (nSPS) is 15.5. The highest BCUT2D eigenvalue weighted by molar-refractivity contribution is 6.00. The van der Waals surface area contributed by atoms with Gasteiger partial charge in [-0.1, -0.05) is 36.4 Å². The fraction of sp³-hybridized carbons (Fsp3) is 0.188. The summed E-state index contributed by atoms with van der Waals surface area (Å²) in [6.45, 7) is 2.79. The van der Waals surface area contributed by atoms with Crippen LogP contribution < -0.4 is 0 Å². The number of hydrogen-bond acceptors (Lipinski definition) is 1. The van der Waals surface area contributed by atoms with Crippen molar-refractivity contribution < 1.29 is 4.39 Å². The van der Waals surface area contributed by atoms with Gasteiger partial charge in [-0.3, -0.25) is 5.41 Å². The number of benzene rings is 2. The van der Waals surface area contributed by atoms with Crippen molar-refractivity contribution in [2.75, 3.05) is 0 Å². The van der Waals surface area contributed by atoms with Crippen LogP contribution in [0.25, 0.3) is 0 Å². The van der Waals surface area contributed by atoms with Gasteiger partial charge in [-0.15, -0.1) is 0 Å². The van der Waals surface area contributed by atoms with Gasteiger partial charge in [-0.2, -0.15) is 0 Å². The maximum absolute atomic E-state index is 13.0. The van der Waals surface area contributed by atoms with Crippen molar-refractivity contribution in [3.8, 4) is 0 Å². The second-order valence-electron chi connectivity index (χ2n) is 4.86. The summed E-state index contributed by atoms with van der Waals surface area (Å²) in [5.41, 5.74) is 3.21. The smallest absolute Gasteiger partial charge is 0.129 e. The van der Waals surface area contributed by atoms with Crippen LogP contribution in [0.5, 0.6) is 0 Å².